The topological polar surface area (TPSA) is 85.2 Å². The van der Waals surface area contributed by atoms with Gasteiger partial charge in [-0.1, -0.05) is 0 Å². The Hall–Kier alpha value is -2.22. The number of carbonyl (C=O) groups excluding carboxylic acids is 1. The average molecular weight is 216 g/mol. The van der Waals surface area contributed by atoms with Crippen molar-refractivity contribution in [3.8, 4) is 12.3 Å². The molecule has 82 valence electrons. The molecule has 0 bridgehead atoms. The summed E-state index contributed by atoms with van der Waals surface area (Å²) in [6, 6.07) is 0. The van der Waals surface area contributed by atoms with Crippen LogP contribution in [0.3, 0.4) is 0 Å². The summed E-state index contributed by atoms with van der Waals surface area (Å²) in [5, 5.41) is 0. The zero-order valence-corrected chi connectivity index (χ0v) is 8.68. The lowest BCUT2D eigenvalue weighted by Crippen LogP contribution is -2.25. The second kappa shape index (κ2) is 3.74. The molecule has 0 aromatic carbocycles. The van der Waals surface area contributed by atoms with Gasteiger partial charge in [0, 0.05) is 18.9 Å². The fourth-order valence-electron chi connectivity index (χ4n) is 1.74. The number of hydrogen-bond donors (Lipinski definition) is 2. The van der Waals surface area contributed by atoms with Crippen LogP contribution in [0, 0.1) is 18.3 Å². The molecule has 0 spiro atoms. The molecule has 0 saturated carbocycles. The summed E-state index contributed by atoms with van der Waals surface area (Å²) >= 11 is 0. The van der Waals surface area contributed by atoms with Crippen LogP contribution in [-0.4, -0.2) is 17.4 Å². The van der Waals surface area contributed by atoms with Gasteiger partial charge in [0.1, 0.15) is 0 Å². The molecule has 1 aliphatic heterocycles. The van der Waals surface area contributed by atoms with E-state index in [2.05, 4.69) is 10.9 Å². The maximum Gasteiger partial charge on any atom is 0.228 e. The Morgan fingerprint density at radius 2 is 2.25 bits per heavy atom. The fourth-order valence-corrected chi connectivity index (χ4v) is 1.74. The molecule has 2 rings (SSSR count). The molecule has 1 fully saturated rings. The maximum absolute atomic E-state index is 11.7. The third kappa shape index (κ3) is 1.54. The van der Waals surface area contributed by atoms with E-state index in [1.165, 1.54) is 12.4 Å². The Morgan fingerprint density at radius 1 is 1.50 bits per heavy atom. The first kappa shape index (κ1) is 10.3. The van der Waals surface area contributed by atoms with Gasteiger partial charge in [-0.15, -0.1) is 12.3 Å². The van der Waals surface area contributed by atoms with Gasteiger partial charge in [0.2, 0.25) is 5.91 Å². The lowest BCUT2D eigenvalue weighted by molar-refractivity contribution is -0.117. The fraction of sp³-hybridized carbons (Fsp3) is 0.273. The van der Waals surface area contributed by atoms with Crippen LogP contribution in [0.15, 0.2) is 12.4 Å². The molecule has 1 aliphatic rings. The van der Waals surface area contributed by atoms with Crippen molar-refractivity contribution in [2.24, 2.45) is 5.92 Å². The standard InChI is InChI=1S/C11H12N4O/c1-2-7-3-10(16)15(6-7)9-5-14-4-8(12)11(9)13/h1,4-5,7H,3,6,12H2,(H2,13,14). The van der Waals surface area contributed by atoms with E-state index < -0.39 is 0 Å². The molecule has 1 atom stereocenters. The molecule has 0 aliphatic carbocycles. The second-order valence-electron chi connectivity index (χ2n) is 3.73. The Kier molecular flexibility index (Phi) is 2.41. The summed E-state index contributed by atoms with van der Waals surface area (Å²) in [6.45, 7) is 0.477. The average Bonchev–Trinajstić information content (AvgIpc) is 2.64. The van der Waals surface area contributed by atoms with Crippen molar-refractivity contribution in [2.75, 3.05) is 22.9 Å². The predicted molar refractivity (Wildman–Crippen MR) is 62.4 cm³/mol. The highest BCUT2D eigenvalue weighted by Gasteiger charge is 2.30. The van der Waals surface area contributed by atoms with Gasteiger partial charge < -0.3 is 16.4 Å². The van der Waals surface area contributed by atoms with E-state index in [1.807, 2.05) is 0 Å². The molecule has 1 amide bonds. The van der Waals surface area contributed by atoms with E-state index in [-0.39, 0.29) is 11.8 Å². The molecule has 2 heterocycles. The number of terminal acetylenes is 1. The second-order valence-corrected chi connectivity index (χ2v) is 3.73. The molecule has 4 N–H and O–H groups in total. The van der Waals surface area contributed by atoms with E-state index >= 15 is 0 Å². The number of aromatic nitrogens is 1. The number of hydrogen-bond acceptors (Lipinski definition) is 4. The number of carbonyl (C=O) groups is 1. The highest BCUT2D eigenvalue weighted by atomic mass is 16.2. The van der Waals surface area contributed by atoms with E-state index in [9.17, 15) is 4.79 Å². The minimum Gasteiger partial charge on any atom is -0.396 e. The van der Waals surface area contributed by atoms with Crippen LogP contribution >= 0.6 is 0 Å². The normalized spacial score (nSPS) is 19.8. The van der Waals surface area contributed by atoms with Gasteiger partial charge in [0.25, 0.3) is 0 Å². The minimum atomic E-state index is -0.0617. The van der Waals surface area contributed by atoms with Crippen molar-refractivity contribution in [2.45, 2.75) is 6.42 Å². The highest BCUT2D eigenvalue weighted by molar-refractivity contribution is 6.00. The minimum absolute atomic E-state index is 0.0398. The quantitative estimate of drug-likeness (QED) is 0.658. The van der Waals surface area contributed by atoms with E-state index in [0.29, 0.717) is 30.0 Å². The first-order valence-corrected chi connectivity index (χ1v) is 4.89. The number of nitrogens with two attached hydrogens (primary N) is 2. The monoisotopic (exact) mass is 216 g/mol. The third-order valence-electron chi connectivity index (χ3n) is 2.65. The van der Waals surface area contributed by atoms with Crippen LogP contribution in [0.1, 0.15) is 6.42 Å². The first-order valence-electron chi connectivity index (χ1n) is 4.89. The number of rotatable bonds is 1. The summed E-state index contributed by atoms with van der Waals surface area (Å²) in [7, 11) is 0. The SMILES string of the molecule is C#CC1CC(=O)N(c2cncc(N)c2N)C1. The van der Waals surface area contributed by atoms with Crippen molar-refractivity contribution in [1.29, 1.82) is 0 Å². The Morgan fingerprint density at radius 3 is 2.88 bits per heavy atom. The molecule has 5 heteroatoms. The molecule has 0 radical (unpaired) electrons. The number of nitrogen functional groups attached to an aromatic ring is 2. The Labute approximate surface area is 93.4 Å². The number of nitrogens with zero attached hydrogens (tertiary/aromatic N) is 2. The van der Waals surface area contributed by atoms with Crippen molar-refractivity contribution in [3.05, 3.63) is 12.4 Å². The predicted octanol–water partition coefficient (Wildman–Crippen LogP) is 0.232. The molecular formula is C11H12N4O. The third-order valence-corrected chi connectivity index (χ3v) is 2.65. The highest BCUT2D eigenvalue weighted by Crippen LogP contribution is 2.31. The van der Waals surface area contributed by atoms with E-state index in [1.54, 1.807) is 4.90 Å². The van der Waals surface area contributed by atoms with Crippen molar-refractivity contribution in [3.63, 3.8) is 0 Å². The summed E-state index contributed by atoms with van der Waals surface area (Å²) in [4.78, 5) is 17.2. The summed E-state index contributed by atoms with van der Waals surface area (Å²) < 4.78 is 0. The van der Waals surface area contributed by atoms with Crippen LogP contribution in [0.25, 0.3) is 0 Å². The summed E-state index contributed by atoms with van der Waals surface area (Å²) in [6.07, 6.45) is 8.64. The van der Waals surface area contributed by atoms with Gasteiger partial charge >= 0.3 is 0 Å². The van der Waals surface area contributed by atoms with Gasteiger partial charge in [-0.3, -0.25) is 9.78 Å². The zero-order chi connectivity index (χ0) is 11.7. The molecule has 1 aromatic heterocycles. The maximum atomic E-state index is 11.7. The van der Waals surface area contributed by atoms with Crippen LogP contribution in [0.5, 0.6) is 0 Å². The number of anilines is 3. The lowest BCUT2D eigenvalue weighted by atomic mass is 10.1. The Bertz CT molecular complexity index is 477. The Balaban J connectivity index is 2.36. The van der Waals surface area contributed by atoms with E-state index in [4.69, 9.17) is 17.9 Å². The molecule has 1 aromatic rings. The molecular weight excluding hydrogens is 204 g/mol. The molecule has 16 heavy (non-hydrogen) atoms. The van der Waals surface area contributed by atoms with E-state index in [0.717, 1.165) is 0 Å². The number of pyridine rings is 1. The largest absolute Gasteiger partial charge is 0.396 e. The van der Waals surface area contributed by atoms with Crippen LogP contribution in [0.4, 0.5) is 17.1 Å². The number of amides is 1. The molecule has 1 unspecified atom stereocenters. The van der Waals surface area contributed by atoms with Gasteiger partial charge in [-0.05, 0) is 0 Å². The van der Waals surface area contributed by atoms with Gasteiger partial charge in [0.05, 0.1) is 29.5 Å². The lowest BCUT2D eigenvalue weighted by Gasteiger charge is -2.18. The van der Waals surface area contributed by atoms with Crippen molar-refractivity contribution < 1.29 is 4.79 Å². The van der Waals surface area contributed by atoms with Gasteiger partial charge in [-0.25, -0.2) is 0 Å². The zero-order valence-electron chi connectivity index (χ0n) is 8.68. The van der Waals surface area contributed by atoms with Gasteiger partial charge in [-0.2, -0.15) is 0 Å². The van der Waals surface area contributed by atoms with Crippen molar-refractivity contribution in [1.82, 2.24) is 4.98 Å². The van der Waals surface area contributed by atoms with Crippen LogP contribution < -0.4 is 16.4 Å². The summed E-state index contributed by atoms with van der Waals surface area (Å²) in [5.74, 6) is 2.47. The van der Waals surface area contributed by atoms with Gasteiger partial charge in [0.15, 0.2) is 0 Å². The smallest absolute Gasteiger partial charge is 0.228 e. The molecule has 1 saturated heterocycles. The van der Waals surface area contributed by atoms with Crippen molar-refractivity contribution >= 4 is 23.0 Å². The molecule has 5 nitrogen and oxygen atoms in total. The van der Waals surface area contributed by atoms with Crippen LogP contribution in [-0.2, 0) is 4.79 Å². The summed E-state index contributed by atoms with van der Waals surface area (Å²) in [5.41, 5.74) is 12.7. The first-order chi connectivity index (χ1) is 7.63. The van der Waals surface area contributed by atoms with Crippen LogP contribution in [0.2, 0.25) is 0 Å².